The summed E-state index contributed by atoms with van der Waals surface area (Å²) in [5.74, 6) is 0.309. The summed E-state index contributed by atoms with van der Waals surface area (Å²) in [6, 6.07) is 15.6. The zero-order valence-electron chi connectivity index (χ0n) is 20.8. The lowest BCUT2D eigenvalue weighted by atomic mass is 10.1. The molecule has 4 aromatic rings. The quantitative estimate of drug-likeness (QED) is 0.390. The molecule has 1 atom stereocenters. The zero-order chi connectivity index (χ0) is 25.6. The van der Waals surface area contributed by atoms with Gasteiger partial charge in [-0.25, -0.2) is 4.98 Å². The summed E-state index contributed by atoms with van der Waals surface area (Å²) in [6.07, 6.45) is 5.60. The number of fused-ring (bicyclic) bond motifs is 3. The van der Waals surface area contributed by atoms with Crippen LogP contribution in [0.1, 0.15) is 56.6 Å². The average molecular weight is 526 g/mol. The van der Waals surface area contributed by atoms with E-state index in [0.29, 0.717) is 42.7 Å². The van der Waals surface area contributed by atoms with E-state index in [1.165, 1.54) is 11.3 Å². The van der Waals surface area contributed by atoms with Crippen LogP contribution in [-0.2, 0) is 11.2 Å². The second-order valence-corrected chi connectivity index (χ2v) is 11.2. The maximum Gasteiger partial charge on any atom is 0.276 e. The van der Waals surface area contributed by atoms with Gasteiger partial charge < -0.3 is 15.0 Å². The summed E-state index contributed by atoms with van der Waals surface area (Å²) in [4.78, 5) is 35.1. The largest absolute Gasteiger partial charge is 0.379 e. The number of nitrogens with zero attached hydrogens (tertiary/aromatic N) is 3. The van der Waals surface area contributed by atoms with Gasteiger partial charge in [-0.15, -0.1) is 11.3 Å². The van der Waals surface area contributed by atoms with Gasteiger partial charge in [-0.05, 0) is 55.5 Å². The number of ether oxygens (including phenoxy) is 1. The Morgan fingerprint density at radius 2 is 1.97 bits per heavy atom. The minimum Gasteiger partial charge on any atom is -0.379 e. The Balaban J connectivity index is 1.19. The van der Waals surface area contributed by atoms with Crippen molar-refractivity contribution < 1.29 is 14.3 Å². The maximum absolute atomic E-state index is 13.9. The molecule has 1 aliphatic carbocycles. The molecule has 0 radical (unpaired) electrons. The van der Waals surface area contributed by atoms with Crippen molar-refractivity contribution in [3.05, 3.63) is 76.6 Å². The molecule has 38 heavy (non-hydrogen) atoms. The zero-order valence-corrected chi connectivity index (χ0v) is 21.6. The Kier molecular flexibility index (Phi) is 5.82. The van der Waals surface area contributed by atoms with E-state index >= 15 is 0 Å². The lowest BCUT2D eigenvalue weighted by Gasteiger charge is -2.23. The molecule has 9 heteroatoms. The first-order chi connectivity index (χ1) is 18.7. The highest BCUT2D eigenvalue weighted by molar-refractivity contribution is 7.17. The molecule has 7 rings (SSSR count). The van der Waals surface area contributed by atoms with Crippen molar-refractivity contribution in [3.63, 3.8) is 0 Å². The van der Waals surface area contributed by atoms with Crippen LogP contribution in [0.2, 0.25) is 0 Å². The molecule has 1 saturated carbocycles. The number of rotatable bonds is 5. The maximum atomic E-state index is 13.9. The third-order valence-corrected chi connectivity index (χ3v) is 8.70. The number of pyridine rings is 1. The van der Waals surface area contributed by atoms with E-state index in [2.05, 4.69) is 15.5 Å². The van der Waals surface area contributed by atoms with E-state index in [4.69, 9.17) is 9.72 Å². The van der Waals surface area contributed by atoms with E-state index in [1.54, 1.807) is 12.3 Å². The fraction of sp³-hybridized carbons (Fsp3) is 0.310. The van der Waals surface area contributed by atoms with Crippen LogP contribution in [0, 0.1) is 0 Å². The molecule has 3 aliphatic rings. The van der Waals surface area contributed by atoms with Gasteiger partial charge in [0.25, 0.3) is 11.8 Å². The Hall–Kier alpha value is -3.82. The highest BCUT2D eigenvalue weighted by Crippen LogP contribution is 2.43. The van der Waals surface area contributed by atoms with Crippen molar-refractivity contribution in [3.8, 4) is 21.7 Å². The summed E-state index contributed by atoms with van der Waals surface area (Å²) in [6.45, 7) is 1.75. The minimum absolute atomic E-state index is 0.0604. The number of hydrogen-bond donors (Lipinski definition) is 2. The Morgan fingerprint density at radius 1 is 1.08 bits per heavy atom. The Labute approximate surface area is 224 Å². The monoisotopic (exact) mass is 525 g/mol. The van der Waals surface area contributed by atoms with E-state index in [0.717, 1.165) is 57.9 Å². The second kappa shape index (κ2) is 9.49. The van der Waals surface area contributed by atoms with Crippen LogP contribution in [0.4, 0.5) is 5.69 Å². The lowest BCUT2D eigenvalue weighted by Crippen LogP contribution is -2.34. The van der Waals surface area contributed by atoms with Gasteiger partial charge in [-0.3, -0.25) is 14.7 Å². The van der Waals surface area contributed by atoms with E-state index in [9.17, 15) is 9.59 Å². The van der Waals surface area contributed by atoms with Gasteiger partial charge in [0, 0.05) is 40.8 Å². The molecule has 0 unspecified atom stereocenters. The molecule has 1 aromatic carbocycles. The molecule has 2 amide bonds. The fourth-order valence-electron chi connectivity index (χ4n) is 5.35. The predicted molar refractivity (Wildman–Crippen MR) is 146 cm³/mol. The van der Waals surface area contributed by atoms with Gasteiger partial charge in [0.1, 0.15) is 5.69 Å². The summed E-state index contributed by atoms with van der Waals surface area (Å²) in [5, 5.41) is 10.4. The van der Waals surface area contributed by atoms with Gasteiger partial charge in [-0.1, -0.05) is 24.3 Å². The van der Waals surface area contributed by atoms with Crippen LogP contribution in [0.5, 0.6) is 0 Å². The van der Waals surface area contributed by atoms with Crippen molar-refractivity contribution in [2.75, 3.05) is 24.7 Å². The average Bonchev–Trinajstić information content (AvgIpc) is 3.30. The molecular formula is C29H27N5O3S. The van der Waals surface area contributed by atoms with Crippen LogP contribution in [-0.4, -0.2) is 52.8 Å². The first kappa shape index (κ1) is 23.3. The minimum atomic E-state index is -0.134. The van der Waals surface area contributed by atoms with Gasteiger partial charge in [0.05, 0.1) is 35.1 Å². The van der Waals surface area contributed by atoms with E-state index in [-0.39, 0.29) is 17.9 Å². The molecule has 192 valence electrons. The number of hydrogen-bond acceptors (Lipinski definition) is 6. The van der Waals surface area contributed by atoms with E-state index in [1.807, 2.05) is 47.4 Å². The number of aromatic amines is 1. The van der Waals surface area contributed by atoms with Gasteiger partial charge in [-0.2, -0.15) is 5.10 Å². The number of thiophene rings is 1. The number of nitrogens with one attached hydrogen (secondary N) is 2. The SMILES string of the molecule is O=C(N[C@H]1CCOC1)c1cc2c(s1)-c1ccccc1N(C(=O)c1cccc(-c3cn[nH]c3C3CC3)n1)CC2. The third-order valence-electron chi connectivity index (χ3n) is 7.49. The van der Waals surface area contributed by atoms with Crippen LogP contribution in [0.15, 0.2) is 54.7 Å². The van der Waals surface area contributed by atoms with Crippen molar-refractivity contribution in [2.24, 2.45) is 0 Å². The molecule has 5 heterocycles. The summed E-state index contributed by atoms with van der Waals surface area (Å²) in [5.41, 5.74) is 6.12. The smallest absolute Gasteiger partial charge is 0.276 e. The summed E-state index contributed by atoms with van der Waals surface area (Å²) in [7, 11) is 0. The predicted octanol–water partition coefficient (Wildman–Crippen LogP) is 4.80. The van der Waals surface area contributed by atoms with Gasteiger partial charge >= 0.3 is 0 Å². The van der Waals surface area contributed by atoms with Crippen LogP contribution in [0.25, 0.3) is 21.7 Å². The number of benzene rings is 1. The van der Waals surface area contributed by atoms with Crippen molar-refractivity contribution in [1.82, 2.24) is 20.5 Å². The number of anilines is 1. The van der Waals surface area contributed by atoms with Gasteiger partial charge in [0.15, 0.2) is 0 Å². The molecule has 2 N–H and O–H groups in total. The number of para-hydroxylation sites is 1. The normalized spacial score (nSPS) is 18.5. The molecule has 3 aromatic heterocycles. The highest BCUT2D eigenvalue weighted by atomic mass is 32.1. The molecule has 2 aliphatic heterocycles. The fourth-order valence-corrected chi connectivity index (χ4v) is 6.50. The topological polar surface area (TPSA) is 100 Å². The van der Waals surface area contributed by atoms with Crippen molar-refractivity contribution in [1.29, 1.82) is 0 Å². The summed E-state index contributed by atoms with van der Waals surface area (Å²) >= 11 is 1.49. The van der Waals surface area contributed by atoms with Crippen LogP contribution in [0.3, 0.4) is 0 Å². The van der Waals surface area contributed by atoms with Crippen molar-refractivity contribution in [2.45, 2.75) is 37.6 Å². The molecule has 8 nitrogen and oxygen atoms in total. The first-order valence-electron chi connectivity index (χ1n) is 13.1. The number of amides is 2. The standard InChI is InChI=1S/C29H27N5O3S/c35-28(31-19-11-13-37-16-19)25-14-18-10-12-34(24-7-2-1-4-20(24)27(18)38-25)29(36)23-6-3-5-22(32-23)21-15-30-33-26(21)17-8-9-17/h1-7,14-15,17,19H,8-13,16H2,(H,30,33)(H,31,35)/t19-/m0/s1. The lowest BCUT2D eigenvalue weighted by molar-refractivity contribution is 0.0932. The van der Waals surface area contributed by atoms with E-state index < -0.39 is 0 Å². The molecule has 1 saturated heterocycles. The first-order valence-corrected chi connectivity index (χ1v) is 13.9. The van der Waals surface area contributed by atoms with Crippen LogP contribution >= 0.6 is 11.3 Å². The number of H-pyrrole nitrogens is 1. The Morgan fingerprint density at radius 3 is 2.82 bits per heavy atom. The molecule has 0 spiro atoms. The molecule has 2 fully saturated rings. The van der Waals surface area contributed by atoms with Crippen LogP contribution < -0.4 is 10.2 Å². The highest BCUT2D eigenvalue weighted by Gasteiger charge is 2.31. The summed E-state index contributed by atoms with van der Waals surface area (Å²) < 4.78 is 5.40. The second-order valence-electron chi connectivity index (χ2n) is 10.1. The molecular weight excluding hydrogens is 498 g/mol. The molecule has 0 bridgehead atoms. The number of aromatic nitrogens is 3. The third kappa shape index (κ3) is 4.21. The van der Waals surface area contributed by atoms with Crippen molar-refractivity contribution >= 4 is 28.8 Å². The Bertz CT molecular complexity index is 1530. The van der Waals surface area contributed by atoms with Gasteiger partial charge in [0.2, 0.25) is 0 Å². The number of carbonyl (C=O) groups is 2. The number of carbonyl (C=O) groups excluding carboxylic acids is 2.